The molecule has 1 aromatic rings. The Morgan fingerprint density at radius 3 is 1.95 bits per heavy atom. The second-order valence-electron chi connectivity index (χ2n) is 5.85. The van der Waals surface area contributed by atoms with Crippen LogP contribution in [-0.2, 0) is 12.3 Å². The highest BCUT2D eigenvalue weighted by Crippen LogP contribution is 2.14. The molecule has 0 spiro atoms. The van der Waals surface area contributed by atoms with Crippen molar-refractivity contribution in [3.05, 3.63) is 41.6 Å². The Kier molecular flexibility index (Phi) is 8.02. The molecule has 0 radical (unpaired) electrons. The highest BCUT2D eigenvalue weighted by Gasteiger charge is 2.44. The van der Waals surface area contributed by atoms with Gasteiger partial charge < -0.3 is 12.3 Å². The van der Waals surface area contributed by atoms with E-state index >= 15 is 0 Å². The molecule has 0 saturated heterocycles. The lowest BCUT2D eigenvalue weighted by Crippen LogP contribution is -2.60. The summed E-state index contributed by atoms with van der Waals surface area (Å²) in [6.07, 6.45) is 0. The van der Waals surface area contributed by atoms with Crippen molar-refractivity contribution in [2.75, 3.05) is 0 Å². The summed E-state index contributed by atoms with van der Waals surface area (Å²) < 4.78 is 19.2. The van der Waals surface area contributed by atoms with Gasteiger partial charge in [-0.3, -0.25) is 0 Å². The zero-order valence-electron chi connectivity index (χ0n) is 14.1. The van der Waals surface area contributed by atoms with Crippen LogP contribution in [-0.4, -0.2) is 36.6 Å². The molecule has 0 saturated carbocycles. The molecule has 3 nitrogen and oxygen atoms in total. The molecule has 21 heavy (non-hydrogen) atoms. The Balaban J connectivity index is 3.11. The van der Waals surface area contributed by atoms with Crippen LogP contribution in [0.4, 0.5) is 0 Å². The number of hydrogen-bond donors (Lipinski definition) is 0. The van der Waals surface area contributed by atoms with Crippen LogP contribution >= 0.6 is 0 Å². The topological polar surface area (TPSA) is 27.7 Å². The van der Waals surface area contributed by atoms with Gasteiger partial charge in [-0.25, -0.2) is 0 Å². The largest absolute Gasteiger partial charge is 0.505 e. The van der Waals surface area contributed by atoms with Crippen molar-refractivity contribution in [1.29, 1.82) is 0 Å². The van der Waals surface area contributed by atoms with E-state index < -0.39 is 36.6 Å². The Morgan fingerprint density at radius 2 is 1.52 bits per heavy atom. The SMILES string of the molecule is CC(C)=C[SiH2]O[Si](O[SiH](C)C)(O[SiH](C)C)c1ccccc1. The van der Waals surface area contributed by atoms with E-state index in [2.05, 4.69) is 57.9 Å². The van der Waals surface area contributed by atoms with E-state index in [0.717, 1.165) is 5.19 Å². The van der Waals surface area contributed by atoms with Gasteiger partial charge in [-0.1, -0.05) is 41.6 Å². The van der Waals surface area contributed by atoms with Gasteiger partial charge in [-0.05, 0) is 40.0 Å². The standard InChI is InChI=1S/C14H28O3Si4/c1-13(2)12-18-15-21(16-19(3)4,17-20(5)6)14-10-8-7-9-11-14/h7-12,19-20H,18H2,1-6H3. The average molecular weight is 357 g/mol. The van der Waals surface area contributed by atoms with Crippen LogP contribution in [0.5, 0.6) is 0 Å². The molecule has 0 heterocycles. The van der Waals surface area contributed by atoms with E-state index in [1.54, 1.807) is 0 Å². The van der Waals surface area contributed by atoms with E-state index in [0.29, 0.717) is 0 Å². The summed E-state index contributed by atoms with van der Waals surface area (Å²) in [5.41, 5.74) is 3.53. The minimum Gasteiger partial charge on any atom is -0.416 e. The summed E-state index contributed by atoms with van der Waals surface area (Å²) >= 11 is 0. The molecule has 0 N–H and O–H groups in total. The van der Waals surface area contributed by atoms with Crippen LogP contribution in [0, 0.1) is 0 Å². The Hall–Kier alpha value is -0.292. The maximum atomic E-state index is 6.39. The first-order valence-corrected chi connectivity index (χ1v) is 16.2. The highest BCUT2D eigenvalue weighted by atomic mass is 28.5. The predicted octanol–water partition coefficient (Wildman–Crippen LogP) is 1.86. The fourth-order valence-corrected chi connectivity index (χ4v) is 13.3. The van der Waals surface area contributed by atoms with Gasteiger partial charge in [0.2, 0.25) is 0 Å². The lowest BCUT2D eigenvalue weighted by molar-refractivity contribution is 0.296. The third-order valence-electron chi connectivity index (χ3n) is 2.67. The Labute approximate surface area is 136 Å². The Morgan fingerprint density at radius 1 is 1.00 bits per heavy atom. The van der Waals surface area contributed by atoms with E-state index in [9.17, 15) is 0 Å². The summed E-state index contributed by atoms with van der Waals surface area (Å²) in [5.74, 6) is 0. The van der Waals surface area contributed by atoms with Gasteiger partial charge in [-0.15, -0.1) is 0 Å². The van der Waals surface area contributed by atoms with Crippen LogP contribution in [0.25, 0.3) is 0 Å². The van der Waals surface area contributed by atoms with E-state index in [1.165, 1.54) is 5.57 Å². The first-order valence-electron chi connectivity index (χ1n) is 7.54. The van der Waals surface area contributed by atoms with Crippen molar-refractivity contribution in [2.45, 2.75) is 40.0 Å². The minimum atomic E-state index is -2.72. The molecule has 0 aromatic heterocycles. The van der Waals surface area contributed by atoms with Crippen molar-refractivity contribution < 1.29 is 12.3 Å². The van der Waals surface area contributed by atoms with Gasteiger partial charge in [0, 0.05) is 5.19 Å². The summed E-state index contributed by atoms with van der Waals surface area (Å²) in [4.78, 5) is 0. The predicted molar refractivity (Wildman–Crippen MR) is 101 cm³/mol. The van der Waals surface area contributed by atoms with E-state index in [1.807, 2.05) is 18.2 Å². The van der Waals surface area contributed by atoms with Crippen molar-refractivity contribution in [3.8, 4) is 0 Å². The average Bonchev–Trinajstić information content (AvgIpc) is 2.37. The molecule has 0 fully saturated rings. The normalized spacial score (nSPS) is 12.6. The van der Waals surface area contributed by atoms with Gasteiger partial charge in [-0.2, -0.15) is 0 Å². The molecule has 1 aromatic carbocycles. The zero-order valence-corrected chi connectivity index (χ0v) is 18.8. The minimum absolute atomic E-state index is 0.776. The van der Waals surface area contributed by atoms with Gasteiger partial charge >= 0.3 is 8.80 Å². The maximum Gasteiger partial charge on any atom is 0.505 e. The summed E-state index contributed by atoms with van der Waals surface area (Å²) in [5, 5.41) is 1.11. The maximum absolute atomic E-state index is 6.39. The van der Waals surface area contributed by atoms with Crippen LogP contribution in [0.2, 0.25) is 26.2 Å². The smallest absolute Gasteiger partial charge is 0.416 e. The molecule has 0 aliphatic heterocycles. The molecule has 0 aliphatic rings. The van der Waals surface area contributed by atoms with Crippen molar-refractivity contribution in [3.63, 3.8) is 0 Å². The molecular formula is C14H28O3Si4. The van der Waals surface area contributed by atoms with Crippen LogP contribution < -0.4 is 5.19 Å². The van der Waals surface area contributed by atoms with Crippen LogP contribution in [0.15, 0.2) is 41.6 Å². The number of hydrogen-bond acceptors (Lipinski definition) is 3. The second kappa shape index (κ2) is 8.98. The molecule has 0 unspecified atom stereocenters. The van der Waals surface area contributed by atoms with Crippen molar-refractivity contribution in [1.82, 2.24) is 0 Å². The number of benzene rings is 1. The lowest BCUT2D eigenvalue weighted by Gasteiger charge is -2.34. The number of rotatable bonds is 8. The Bertz CT molecular complexity index is 435. The van der Waals surface area contributed by atoms with Gasteiger partial charge in [0.05, 0.1) is 0 Å². The fraction of sp³-hybridized carbons (Fsp3) is 0.429. The van der Waals surface area contributed by atoms with Gasteiger partial charge in [0.1, 0.15) is 0 Å². The second-order valence-corrected chi connectivity index (χ2v) is 15.5. The fourth-order valence-electron chi connectivity index (χ4n) is 1.90. The third kappa shape index (κ3) is 6.55. The van der Waals surface area contributed by atoms with Crippen molar-refractivity contribution in [2.24, 2.45) is 0 Å². The molecule has 0 amide bonds. The zero-order chi connectivity index (χ0) is 15.9. The molecule has 7 heteroatoms. The van der Waals surface area contributed by atoms with Crippen LogP contribution in [0.1, 0.15) is 13.8 Å². The lowest BCUT2D eigenvalue weighted by atomic mass is 10.4. The highest BCUT2D eigenvalue weighted by molar-refractivity contribution is 6.87. The quantitative estimate of drug-likeness (QED) is 0.665. The van der Waals surface area contributed by atoms with Gasteiger partial charge in [0.25, 0.3) is 0 Å². The first-order chi connectivity index (χ1) is 9.85. The molecule has 1 rings (SSSR count). The molecule has 0 atom stereocenters. The van der Waals surface area contributed by atoms with Gasteiger partial charge in [0.15, 0.2) is 27.8 Å². The van der Waals surface area contributed by atoms with Crippen LogP contribution in [0.3, 0.4) is 0 Å². The summed E-state index contributed by atoms with van der Waals surface area (Å²) in [7, 11) is -6.01. The van der Waals surface area contributed by atoms with E-state index in [4.69, 9.17) is 12.3 Å². The monoisotopic (exact) mass is 356 g/mol. The molecule has 0 aliphatic carbocycles. The summed E-state index contributed by atoms with van der Waals surface area (Å²) in [6.45, 7) is 12.9. The number of allylic oxidation sites excluding steroid dienone is 1. The van der Waals surface area contributed by atoms with E-state index in [-0.39, 0.29) is 0 Å². The van der Waals surface area contributed by atoms with Crippen molar-refractivity contribution >= 4 is 41.8 Å². The molecular weight excluding hydrogens is 328 g/mol. The summed E-state index contributed by atoms with van der Waals surface area (Å²) in [6, 6.07) is 10.3. The first kappa shape index (κ1) is 18.8. The third-order valence-corrected chi connectivity index (χ3v) is 13.1. The molecule has 118 valence electrons. The molecule has 0 bridgehead atoms.